The number of aliphatic hydroxyl groups is 3. The van der Waals surface area contributed by atoms with E-state index in [4.69, 9.17) is 10.2 Å². The zero-order valence-electron chi connectivity index (χ0n) is 20.4. The van der Waals surface area contributed by atoms with Gasteiger partial charge in [-0.3, -0.25) is 19.2 Å². The number of aliphatic hydroxyl groups excluding tert-OH is 2. The van der Waals surface area contributed by atoms with Gasteiger partial charge in [-0.05, 0) is 55.6 Å². The van der Waals surface area contributed by atoms with Gasteiger partial charge in [0.2, 0.25) is 0 Å². The van der Waals surface area contributed by atoms with Gasteiger partial charge >= 0.3 is 11.9 Å². The summed E-state index contributed by atoms with van der Waals surface area (Å²) in [5.74, 6) is -2.23. The van der Waals surface area contributed by atoms with Crippen molar-refractivity contribution in [1.29, 1.82) is 0 Å². The minimum absolute atomic E-state index is 0.00620. The molecule has 0 amide bonds. The summed E-state index contributed by atoms with van der Waals surface area (Å²) in [5, 5.41) is 47.7. The monoisotopic (exact) mass is 492 g/mol. The van der Waals surface area contributed by atoms with E-state index in [1.165, 1.54) is 0 Å². The Labute approximate surface area is 204 Å². The first-order chi connectivity index (χ1) is 16.2. The Morgan fingerprint density at radius 1 is 1.11 bits per heavy atom. The van der Waals surface area contributed by atoms with Crippen molar-refractivity contribution in [2.45, 2.75) is 71.0 Å². The second-order valence-corrected chi connectivity index (χ2v) is 11.0. The molecule has 4 rings (SSSR count). The molecular weight excluding hydrogens is 456 g/mol. The van der Waals surface area contributed by atoms with E-state index in [9.17, 15) is 34.5 Å². The normalized spacial score (nSPS) is 41.5. The van der Waals surface area contributed by atoms with E-state index in [2.05, 4.69) is 13.8 Å². The van der Waals surface area contributed by atoms with Crippen molar-refractivity contribution in [3.05, 3.63) is 23.8 Å². The highest BCUT2D eigenvalue weighted by molar-refractivity contribution is 6.01. The molecule has 8 atom stereocenters. The summed E-state index contributed by atoms with van der Waals surface area (Å²) >= 11 is 0. The first-order valence-corrected chi connectivity index (χ1v) is 12.1. The molecule has 0 heterocycles. The van der Waals surface area contributed by atoms with Crippen molar-refractivity contribution in [3.63, 3.8) is 0 Å². The van der Waals surface area contributed by atoms with Gasteiger partial charge in [0.25, 0.3) is 0 Å². The summed E-state index contributed by atoms with van der Waals surface area (Å²) in [6.45, 7) is 5.48. The standard InChI is InChI=1S/C22H30O5.C4H6O4/c1-12-8-14-15-5-7-22(27,18(26)11-23)21(15,3)10-17(25)19(14)20(2)6-4-13(24)9-16(12)20;5-3(6)1-2-4(7)8/h4,6,9,12,14-15,17,19,23,25,27H,5,7-8,10-11H2,1-3H3;1-2H2,(H,5,6)(H,7,8)/t12-,14?,15-,17-,19+,20-,21-,22-;/m0./s1. The maximum Gasteiger partial charge on any atom is 0.303 e. The van der Waals surface area contributed by atoms with Crippen molar-refractivity contribution < 1.29 is 44.7 Å². The van der Waals surface area contributed by atoms with Gasteiger partial charge in [-0.2, -0.15) is 0 Å². The molecule has 0 aromatic rings. The highest BCUT2D eigenvalue weighted by atomic mass is 16.4. The molecule has 5 N–H and O–H groups in total. The lowest BCUT2D eigenvalue weighted by Crippen LogP contribution is -2.62. The Kier molecular flexibility index (Phi) is 7.47. The zero-order chi connectivity index (χ0) is 26.3. The highest BCUT2D eigenvalue weighted by Crippen LogP contribution is 2.67. The van der Waals surface area contributed by atoms with E-state index in [0.717, 1.165) is 18.4 Å². The number of carboxylic acid groups (broad SMARTS) is 2. The molecule has 0 radical (unpaired) electrons. The Morgan fingerprint density at radius 3 is 2.26 bits per heavy atom. The Bertz CT molecular complexity index is 954. The van der Waals surface area contributed by atoms with Crippen LogP contribution in [-0.2, 0) is 19.2 Å². The fourth-order valence-corrected chi connectivity index (χ4v) is 7.56. The number of carboxylic acids is 2. The van der Waals surface area contributed by atoms with E-state index in [-0.39, 0.29) is 47.7 Å². The van der Waals surface area contributed by atoms with E-state index >= 15 is 0 Å². The molecule has 9 nitrogen and oxygen atoms in total. The fourth-order valence-electron chi connectivity index (χ4n) is 7.56. The number of Topliss-reactive ketones (excluding diaryl/α,β-unsaturated/α-hetero) is 1. The third-order valence-corrected chi connectivity index (χ3v) is 9.13. The van der Waals surface area contributed by atoms with Gasteiger partial charge in [-0.15, -0.1) is 0 Å². The summed E-state index contributed by atoms with van der Waals surface area (Å²) in [4.78, 5) is 43.6. The SMILES string of the molecule is C[C@H]1CC2[C@H]([C@@H](O)C[C@@]3(C)[C@H]2CC[C@]3(O)C(=O)CO)[C@@]2(C)C=CC(=O)C=C12.O=C(O)CCC(=O)O. The van der Waals surface area contributed by atoms with Crippen LogP contribution in [0.3, 0.4) is 0 Å². The number of carbonyl (C=O) groups is 4. The largest absolute Gasteiger partial charge is 0.481 e. The Hall–Kier alpha value is -2.36. The van der Waals surface area contributed by atoms with Gasteiger partial charge in [-0.1, -0.05) is 32.4 Å². The van der Waals surface area contributed by atoms with Gasteiger partial charge in [0.15, 0.2) is 11.6 Å². The number of carbonyl (C=O) groups excluding carboxylic acids is 2. The van der Waals surface area contributed by atoms with Gasteiger partial charge in [0.05, 0.1) is 18.9 Å². The van der Waals surface area contributed by atoms with Crippen molar-refractivity contribution in [2.75, 3.05) is 6.61 Å². The Morgan fingerprint density at radius 2 is 1.71 bits per heavy atom. The van der Waals surface area contributed by atoms with Crippen LogP contribution in [0.25, 0.3) is 0 Å². The van der Waals surface area contributed by atoms with Crippen molar-refractivity contribution in [3.8, 4) is 0 Å². The fraction of sp³-hybridized carbons (Fsp3) is 0.692. The smallest absolute Gasteiger partial charge is 0.303 e. The molecule has 4 aliphatic rings. The minimum Gasteiger partial charge on any atom is -0.481 e. The molecule has 0 spiro atoms. The van der Waals surface area contributed by atoms with Crippen molar-refractivity contribution in [1.82, 2.24) is 0 Å². The van der Waals surface area contributed by atoms with E-state index in [1.54, 1.807) is 12.2 Å². The van der Waals surface area contributed by atoms with Crippen molar-refractivity contribution in [2.24, 2.45) is 34.5 Å². The predicted octanol–water partition coefficient (Wildman–Crippen LogP) is 1.74. The number of hydrogen-bond donors (Lipinski definition) is 5. The van der Waals surface area contributed by atoms with Crippen LogP contribution in [0.2, 0.25) is 0 Å². The molecule has 35 heavy (non-hydrogen) atoms. The molecule has 194 valence electrons. The third-order valence-electron chi connectivity index (χ3n) is 9.13. The average Bonchev–Trinajstić information content (AvgIpc) is 3.04. The number of hydrogen-bond acceptors (Lipinski definition) is 7. The number of ketones is 2. The molecule has 3 fully saturated rings. The lowest BCUT2D eigenvalue weighted by Gasteiger charge is -2.60. The van der Waals surface area contributed by atoms with Gasteiger partial charge in [0, 0.05) is 16.7 Å². The molecule has 0 aliphatic heterocycles. The first-order valence-electron chi connectivity index (χ1n) is 12.1. The Balaban J connectivity index is 0.000000371. The lowest BCUT2D eigenvalue weighted by molar-refractivity contribution is -0.180. The number of allylic oxidation sites excluding steroid dienone is 4. The topological polar surface area (TPSA) is 169 Å². The molecule has 4 aliphatic carbocycles. The van der Waals surface area contributed by atoms with Crippen LogP contribution in [0, 0.1) is 34.5 Å². The maximum atomic E-state index is 12.4. The summed E-state index contributed by atoms with van der Waals surface area (Å²) in [6, 6.07) is 0. The van der Waals surface area contributed by atoms with E-state index < -0.39 is 41.4 Å². The molecule has 9 heteroatoms. The summed E-state index contributed by atoms with van der Waals surface area (Å²) in [7, 11) is 0. The molecule has 1 unspecified atom stereocenters. The summed E-state index contributed by atoms with van der Waals surface area (Å²) < 4.78 is 0. The highest BCUT2D eigenvalue weighted by Gasteiger charge is 2.68. The molecule has 0 bridgehead atoms. The summed E-state index contributed by atoms with van der Waals surface area (Å²) in [6.07, 6.45) is 6.28. The van der Waals surface area contributed by atoms with Crippen LogP contribution in [0.15, 0.2) is 23.8 Å². The predicted molar refractivity (Wildman–Crippen MR) is 124 cm³/mol. The third kappa shape index (κ3) is 4.49. The van der Waals surface area contributed by atoms with Gasteiger partial charge in [-0.25, -0.2) is 0 Å². The summed E-state index contributed by atoms with van der Waals surface area (Å²) in [5.41, 5.74) is -1.59. The number of aliphatic carboxylic acids is 2. The number of rotatable bonds is 5. The quantitative estimate of drug-likeness (QED) is 0.383. The second-order valence-electron chi connectivity index (χ2n) is 11.0. The lowest BCUT2D eigenvalue weighted by atomic mass is 9.45. The molecule has 0 saturated heterocycles. The molecule has 0 aromatic carbocycles. The van der Waals surface area contributed by atoms with Crippen LogP contribution in [0.1, 0.15) is 59.3 Å². The first kappa shape index (κ1) is 27.2. The molecular formula is C26H36O9. The average molecular weight is 493 g/mol. The number of fused-ring (bicyclic) bond motifs is 5. The van der Waals surface area contributed by atoms with Crippen LogP contribution >= 0.6 is 0 Å². The van der Waals surface area contributed by atoms with Crippen LogP contribution in [0.4, 0.5) is 0 Å². The van der Waals surface area contributed by atoms with Crippen molar-refractivity contribution >= 4 is 23.5 Å². The van der Waals surface area contributed by atoms with E-state index in [1.807, 2.05) is 13.0 Å². The minimum atomic E-state index is -1.57. The van der Waals surface area contributed by atoms with Crippen LogP contribution in [0.5, 0.6) is 0 Å². The molecule has 3 saturated carbocycles. The second kappa shape index (κ2) is 9.59. The van der Waals surface area contributed by atoms with Gasteiger partial charge < -0.3 is 25.5 Å². The van der Waals surface area contributed by atoms with Crippen LogP contribution < -0.4 is 0 Å². The van der Waals surface area contributed by atoms with E-state index in [0.29, 0.717) is 12.8 Å². The van der Waals surface area contributed by atoms with Gasteiger partial charge in [0.1, 0.15) is 12.2 Å². The molecule has 0 aromatic heterocycles. The zero-order valence-corrected chi connectivity index (χ0v) is 20.4. The van der Waals surface area contributed by atoms with Crippen LogP contribution in [-0.4, -0.2) is 67.3 Å². The maximum absolute atomic E-state index is 12.4.